The van der Waals surface area contributed by atoms with E-state index in [-0.39, 0.29) is 17.6 Å². The summed E-state index contributed by atoms with van der Waals surface area (Å²) >= 11 is 0. The molecule has 14 heavy (non-hydrogen) atoms. The maximum Gasteiger partial charge on any atom is 0.159 e. The van der Waals surface area contributed by atoms with Crippen molar-refractivity contribution in [3.8, 4) is 0 Å². The zero-order chi connectivity index (χ0) is 9.97. The molecule has 1 aliphatic heterocycles. The number of hydrogen-bond donors (Lipinski definition) is 1. The van der Waals surface area contributed by atoms with Crippen molar-refractivity contribution in [2.45, 2.75) is 12.5 Å². The maximum atomic E-state index is 12.6. The molecule has 0 aromatic heterocycles. The lowest BCUT2D eigenvalue weighted by molar-refractivity contribution is -0.115. The van der Waals surface area contributed by atoms with Gasteiger partial charge < -0.3 is 5.32 Å². The van der Waals surface area contributed by atoms with Gasteiger partial charge >= 0.3 is 0 Å². The molecule has 0 aliphatic carbocycles. The average molecular weight is 191 g/mol. The van der Waals surface area contributed by atoms with Gasteiger partial charge in [-0.25, -0.2) is 4.39 Å². The second-order valence-electron chi connectivity index (χ2n) is 3.27. The minimum Gasteiger partial charge on any atom is -0.384 e. The van der Waals surface area contributed by atoms with Crippen molar-refractivity contribution >= 4 is 5.78 Å². The number of allylic oxidation sites excluding steroid dienone is 1. The minimum atomic E-state index is -0.258. The molecule has 1 N–H and O–H groups in total. The Labute approximate surface area is 81.4 Å². The molecule has 1 aromatic rings. The highest BCUT2D eigenvalue weighted by atomic mass is 19.1. The van der Waals surface area contributed by atoms with Crippen molar-refractivity contribution < 1.29 is 9.18 Å². The summed E-state index contributed by atoms with van der Waals surface area (Å²) in [6, 6.07) is 6.17. The van der Waals surface area contributed by atoms with E-state index in [1.165, 1.54) is 18.2 Å². The molecule has 1 heterocycles. The Morgan fingerprint density at radius 1 is 1.29 bits per heavy atom. The molecule has 2 rings (SSSR count). The summed E-state index contributed by atoms with van der Waals surface area (Å²) in [5.41, 5.74) is 0.934. The number of nitrogens with one attached hydrogen (secondary N) is 1. The summed E-state index contributed by atoms with van der Waals surface area (Å²) in [5, 5.41) is 3.06. The zero-order valence-electron chi connectivity index (χ0n) is 7.53. The van der Waals surface area contributed by atoms with E-state index in [9.17, 15) is 9.18 Å². The van der Waals surface area contributed by atoms with Crippen LogP contribution in [0.4, 0.5) is 4.39 Å². The van der Waals surface area contributed by atoms with Crippen LogP contribution in [0.1, 0.15) is 18.0 Å². The van der Waals surface area contributed by atoms with Gasteiger partial charge in [0.1, 0.15) is 5.82 Å². The molecule has 0 fully saturated rings. The van der Waals surface area contributed by atoms with Gasteiger partial charge in [-0.2, -0.15) is 0 Å². The van der Waals surface area contributed by atoms with Gasteiger partial charge in [0.05, 0.1) is 6.04 Å². The van der Waals surface area contributed by atoms with Crippen LogP contribution >= 0.6 is 0 Å². The Kier molecular flexibility index (Phi) is 2.31. The molecule has 3 heteroatoms. The number of carbonyl (C=O) groups excluding carboxylic acids is 1. The molecule has 0 amide bonds. The number of hydrogen-bond acceptors (Lipinski definition) is 2. The Hall–Kier alpha value is -1.64. The van der Waals surface area contributed by atoms with Crippen LogP contribution in [0.25, 0.3) is 0 Å². The van der Waals surface area contributed by atoms with E-state index in [4.69, 9.17) is 0 Å². The Balaban J connectivity index is 2.19. The van der Waals surface area contributed by atoms with Crippen molar-refractivity contribution in [2.75, 3.05) is 0 Å². The van der Waals surface area contributed by atoms with Gasteiger partial charge in [-0.05, 0) is 23.8 Å². The average Bonchev–Trinajstić information content (AvgIpc) is 2.19. The fourth-order valence-electron chi connectivity index (χ4n) is 1.49. The van der Waals surface area contributed by atoms with Gasteiger partial charge in [0.15, 0.2) is 5.78 Å². The smallest absolute Gasteiger partial charge is 0.159 e. The van der Waals surface area contributed by atoms with Crippen molar-refractivity contribution in [1.29, 1.82) is 0 Å². The minimum absolute atomic E-state index is 0.0203. The molecule has 1 atom stereocenters. The van der Waals surface area contributed by atoms with Crippen LogP contribution in [-0.4, -0.2) is 5.78 Å². The largest absolute Gasteiger partial charge is 0.384 e. The summed E-state index contributed by atoms with van der Waals surface area (Å²) in [4.78, 5) is 11.1. The third-order valence-corrected chi connectivity index (χ3v) is 2.24. The van der Waals surface area contributed by atoms with Gasteiger partial charge in [0, 0.05) is 12.6 Å². The molecule has 1 aliphatic rings. The van der Waals surface area contributed by atoms with E-state index in [0.717, 1.165) is 5.56 Å². The molecule has 0 bridgehead atoms. The first kappa shape index (κ1) is 8.94. The van der Waals surface area contributed by atoms with E-state index in [1.807, 2.05) is 0 Å². The Morgan fingerprint density at radius 2 is 2.00 bits per heavy atom. The second kappa shape index (κ2) is 3.62. The maximum absolute atomic E-state index is 12.6. The number of ketones is 1. The van der Waals surface area contributed by atoms with E-state index in [0.29, 0.717) is 6.42 Å². The topological polar surface area (TPSA) is 29.1 Å². The van der Waals surface area contributed by atoms with Gasteiger partial charge in [0.25, 0.3) is 0 Å². The summed E-state index contributed by atoms with van der Waals surface area (Å²) in [7, 11) is 0. The number of halogens is 1. The number of carbonyl (C=O) groups is 1. The number of benzene rings is 1. The third-order valence-electron chi connectivity index (χ3n) is 2.24. The highest BCUT2D eigenvalue weighted by Crippen LogP contribution is 2.19. The van der Waals surface area contributed by atoms with Gasteiger partial charge in [-0.3, -0.25) is 4.79 Å². The summed E-state index contributed by atoms with van der Waals surface area (Å²) in [5.74, 6) is -0.162. The van der Waals surface area contributed by atoms with Crippen LogP contribution in [0, 0.1) is 5.82 Å². The molecular weight excluding hydrogens is 181 g/mol. The first-order valence-electron chi connectivity index (χ1n) is 4.46. The molecule has 0 saturated heterocycles. The zero-order valence-corrected chi connectivity index (χ0v) is 7.53. The highest BCUT2D eigenvalue weighted by Gasteiger charge is 2.16. The molecule has 0 radical (unpaired) electrons. The molecular formula is C11H10FNO. The van der Waals surface area contributed by atoms with E-state index >= 15 is 0 Å². The van der Waals surface area contributed by atoms with Crippen molar-refractivity contribution in [3.05, 3.63) is 47.9 Å². The summed E-state index contributed by atoms with van der Waals surface area (Å²) < 4.78 is 12.6. The van der Waals surface area contributed by atoms with Crippen molar-refractivity contribution in [2.24, 2.45) is 0 Å². The lowest BCUT2D eigenvalue weighted by atomic mass is 9.99. The van der Waals surface area contributed by atoms with Crippen LogP contribution in [0.3, 0.4) is 0 Å². The van der Waals surface area contributed by atoms with Crippen LogP contribution in [0.5, 0.6) is 0 Å². The quantitative estimate of drug-likeness (QED) is 0.735. The van der Waals surface area contributed by atoms with Gasteiger partial charge in [0.2, 0.25) is 0 Å². The van der Waals surface area contributed by atoms with Crippen molar-refractivity contribution in [1.82, 2.24) is 5.32 Å². The van der Waals surface area contributed by atoms with Crippen LogP contribution in [-0.2, 0) is 4.79 Å². The second-order valence-corrected chi connectivity index (χ2v) is 3.27. The highest BCUT2D eigenvalue weighted by molar-refractivity contribution is 5.90. The summed E-state index contributed by atoms with van der Waals surface area (Å²) in [6.45, 7) is 0. The monoisotopic (exact) mass is 191 g/mol. The third kappa shape index (κ3) is 1.82. The standard InChI is InChI=1S/C11H10FNO/c12-9-3-1-8(2-4-9)11-7-10(14)5-6-13-11/h1-6,11,13H,7H2. The summed E-state index contributed by atoms with van der Waals surface area (Å²) in [6.07, 6.45) is 3.59. The normalized spacial score (nSPS) is 20.6. The molecule has 72 valence electrons. The fraction of sp³-hybridized carbons (Fsp3) is 0.182. The first-order valence-corrected chi connectivity index (χ1v) is 4.46. The molecule has 1 unspecified atom stereocenters. The van der Waals surface area contributed by atoms with Crippen LogP contribution in [0.2, 0.25) is 0 Å². The number of rotatable bonds is 1. The van der Waals surface area contributed by atoms with E-state index in [1.54, 1.807) is 18.3 Å². The Bertz CT molecular complexity index is 369. The molecule has 1 aromatic carbocycles. The predicted molar refractivity (Wildman–Crippen MR) is 51.0 cm³/mol. The van der Waals surface area contributed by atoms with Crippen LogP contribution in [0.15, 0.2) is 36.5 Å². The SMILES string of the molecule is O=C1C=CNC(c2ccc(F)cc2)C1. The molecule has 2 nitrogen and oxygen atoms in total. The fourth-order valence-corrected chi connectivity index (χ4v) is 1.49. The lowest BCUT2D eigenvalue weighted by Crippen LogP contribution is -2.22. The first-order chi connectivity index (χ1) is 6.75. The molecule has 0 spiro atoms. The van der Waals surface area contributed by atoms with E-state index in [2.05, 4.69) is 5.32 Å². The van der Waals surface area contributed by atoms with Gasteiger partial charge in [-0.1, -0.05) is 12.1 Å². The van der Waals surface area contributed by atoms with E-state index < -0.39 is 0 Å². The van der Waals surface area contributed by atoms with Gasteiger partial charge in [-0.15, -0.1) is 0 Å². The predicted octanol–water partition coefficient (Wildman–Crippen LogP) is 1.94. The lowest BCUT2D eigenvalue weighted by Gasteiger charge is -2.19. The Morgan fingerprint density at radius 3 is 2.64 bits per heavy atom. The van der Waals surface area contributed by atoms with Crippen LogP contribution < -0.4 is 5.32 Å². The van der Waals surface area contributed by atoms with Crippen molar-refractivity contribution in [3.63, 3.8) is 0 Å². The molecule has 0 saturated carbocycles.